The molecule has 34 heavy (non-hydrogen) atoms. The number of methoxy groups -OCH3 is 1. The van der Waals surface area contributed by atoms with Crippen molar-refractivity contribution in [1.29, 1.82) is 0 Å². The summed E-state index contributed by atoms with van der Waals surface area (Å²) in [7, 11) is 1.53. The molecule has 0 radical (unpaired) electrons. The number of ether oxygens (including phenoxy) is 1. The number of Topliss-reactive ketones (excluding diaryl/α,β-unsaturated/α-hetero) is 1. The smallest absolute Gasteiger partial charge is 0.337 e. The first kappa shape index (κ1) is 21.8. The number of benzene rings is 2. The van der Waals surface area contributed by atoms with Gasteiger partial charge in [0.25, 0.3) is 5.56 Å². The molecule has 9 heteroatoms. The number of imidazole rings is 1. The Hall–Kier alpha value is -4.01. The molecule has 174 valence electrons. The Labute approximate surface area is 193 Å². The van der Waals surface area contributed by atoms with Gasteiger partial charge in [-0.3, -0.25) is 14.2 Å². The molecule has 2 aromatic carbocycles. The normalized spacial score (nSPS) is 14.1. The van der Waals surface area contributed by atoms with Crippen molar-refractivity contribution in [2.24, 2.45) is 0 Å². The van der Waals surface area contributed by atoms with E-state index in [1.54, 1.807) is 24.3 Å². The van der Waals surface area contributed by atoms with Crippen LogP contribution in [0.5, 0.6) is 5.75 Å². The zero-order chi connectivity index (χ0) is 23.8. The van der Waals surface area contributed by atoms with Gasteiger partial charge >= 0.3 is 5.69 Å². The van der Waals surface area contributed by atoms with E-state index in [-0.39, 0.29) is 29.5 Å². The second-order valence-electron chi connectivity index (χ2n) is 8.41. The van der Waals surface area contributed by atoms with Crippen LogP contribution in [0.25, 0.3) is 16.9 Å². The zero-order valence-electron chi connectivity index (χ0n) is 18.6. The van der Waals surface area contributed by atoms with Crippen LogP contribution in [0.1, 0.15) is 42.1 Å². The van der Waals surface area contributed by atoms with Crippen LogP contribution in [0.3, 0.4) is 0 Å². The van der Waals surface area contributed by atoms with Gasteiger partial charge < -0.3 is 9.30 Å². The van der Waals surface area contributed by atoms with Gasteiger partial charge in [0.15, 0.2) is 16.9 Å². The first-order chi connectivity index (χ1) is 16.5. The maximum atomic E-state index is 13.6. The Morgan fingerprint density at radius 2 is 1.85 bits per heavy atom. The monoisotopic (exact) mass is 462 g/mol. The summed E-state index contributed by atoms with van der Waals surface area (Å²) < 4.78 is 22.7. The SMILES string of the molecule is COc1cccc(-n2c(=O)n(C3CCCC3)c(=O)c3c2ncn3CC(=O)c2ccc(F)cc2)c1. The van der Waals surface area contributed by atoms with E-state index in [0.717, 1.165) is 25.7 Å². The predicted molar refractivity (Wildman–Crippen MR) is 124 cm³/mol. The lowest BCUT2D eigenvalue weighted by Crippen LogP contribution is -2.42. The third-order valence-corrected chi connectivity index (χ3v) is 6.33. The average Bonchev–Trinajstić information content (AvgIpc) is 3.50. The Balaban J connectivity index is 1.71. The van der Waals surface area contributed by atoms with Gasteiger partial charge in [0, 0.05) is 17.7 Å². The van der Waals surface area contributed by atoms with Gasteiger partial charge in [0.05, 0.1) is 25.7 Å². The van der Waals surface area contributed by atoms with Gasteiger partial charge in [-0.15, -0.1) is 0 Å². The Kier molecular flexibility index (Phi) is 5.61. The number of rotatable bonds is 6. The van der Waals surface area contributed by atoms with E-state index in [1.165, 1.54) is 51.4 Å². The average molecular weight is 462 g/mol. The van der Waals surface area contributed by atoms with Crippen LogP contribution in [-0.4, -0.2) is 31.6 Å². The fourth-order valence-electron chi connectivity index (χ4n) is 4.62. The number of carbonyl (C=O) groups is 1. The molecule has 0 atom stereocenters. The van der Waals surface area contributed by atoms with E-state index >= 15 is 0 Å². The molecule has 0 saturated heterocycles. The highest BCUT2D eigenvalue weighted by molar-refractivity contribution is 5.96. The second kappa shape index (κ2) is 8.74. The first-order valence-electron chi connectivity index (χ1n) is 11.1. The molecule has 1 aliphatic carbocycles. The molecule has 0 unspecified atom stereocenters. The number of fused-ring (bicyclic) bond motifs is 1. The molecule has 4 aromatic rings. The number of ketones is 1. The lowest BCUT2D eigenvalue weighted by Gasteiger charge is -2.17. The summed E-state index contributed by atoms with van der Waals surface area (Å²) in [5.74, 6) is -0.182. The van der Waals surface area contributed by atoms with Crippen LogP contribution >= 0.6 is 0 Å². The number of aromatic nitrogens is 4. The molecule has 0 bridgehead atoms. The predicted octanol–water partition coefficient (Wildman–Crippen LogP) is 3.49. The van der Waals surface area contributed by atoms with Crippen molar-refractivity contribution in [3.8, 4) is 11.4 Å². The molecular weight excluding hydrogens is 439 g/mol. The van der Waals surface area contributed by atoms with E-state index in [0.29, 0.717) is 17.0 Å². The zero-order valence-corrected chi connectivity index (χ0v) is 18.6. The lowest BCUT2D eigenvalue weighted by atomic mass is 10.1. The fraction of sp³-hybridized carbons (Fsp3) is 0.280. The van der Waals surface area contributed by atoms with Crippen molar-refractivity contribution >= 4 is 16.9 Å². The molecule has 0 amide bonds. The minimum Gasteiger partial charge on any atom is -0.497 e. The van der Waals surface area contributed by atoms with E-state index in [2.05, 4.69) is 4.98 Å². The molecule has 2 heterocycles. The summed E-state index contributed by atoms with van der Waals surface area (Å²) in [5.41, 5.74) is 0.245. The first-order valence-corrected chi connectivity index (χ1v) is 11.1. The van der Waals surface area contributed by atoms with E-state index < -0.39 is 17.1 Å². The minimum atomic E-state index is -0.465. The molecular formula is C25H23FN4O4. The van der Waals surface area contributed by atoms with Crippen molar-refractivity contribution < 1.29 is 13.9 Å². The third kappa shape index (κ3) is 3.72. The summed E-state index contributed by atoms with van der Waals surface area (Å²) in [5, 5.41) is 0. The Morgan fingerprint density at radius 3 is 2.56 bits per heavy atom. The van der Waals surface area contributed by atoms with Gasteiger partial charge in [0.2, 0.25) is 0 Å². The van der Waals surface area contributed by atoms with Crippen LogP contribution in [0, 0.1) is 5.82 Å². The molecule has 0 spiro atoms. The minimum absolute atomic E-state index is 0.168. The van der Waals surface area contributed by atoms with Crippen LogP contribution in [0.15, 0.2) is 64.4 Å². The second-order valence-corrected chi connectivity index (χ2v) is 8.41. The van der Waals surface area contributed by atoms with Crippen LogP contribution in [0.4, 0.5) is 4.39 Å². The van der Waals surface area contributed by atoms with Gasteiger partial charge in [-0.05, 0) is 49.2 Å². The number of carbonyl (C=O) groups excluding carboxylic acids is 1. The fourth-order valence-corrected chi connectivity index (χ4v) is 4.62. The summed E-state index contributed by atoms with van der Waals surface area (Å²) in [4.78, 5) is 44.4. The standard InChI is InChI=1S/C25H23FN4O4/c1-34-20-8-4-7-19(13-20)29-23-22(24(32)30(25(29)33)18-5-2-3-6-18)28(15-27-23)14-21(31)16-9-11-17(26)12-10-16/h4,7-13,15,18H,2-3,5-6,14H2,1H3. The topological polar surface area (TPSA) is 88.1 Å². The number of hydrogen-bond donors (Lipinski definition) is 0. The van der Waals surface area contributed by atoms with Gasteiger partial charge in [0.1, 0.15) is 11.6 Å². The maximum absolute atomic E-state index is 13.6. The summed E-state index contributed by atoms with van der Waals surface area (Å²) in [6.07, 6.45) is 4.75. The van der Waals surface area contributed by atoms with Crippen molar-refractivity contribution in [2.75, 3.05) is 7.11 Å². The van der Waals surface area contributed by atoms with Crippen LogP contribution in [-0.2, 0) is 6.54 Å². The van der Waals surface area contributed by atoms with E-state index in [4.69, 9.17) is 4.74 Å². The number of halogens is 1. The lowest BCUT2D eigenvalue weighted by molar-refractivity contribution is 0.0973. The highest BCUT2D eigenvalue weighted by Crippen LogP contribution is 2.28. The quantitative estimate of drug-likeness (QED) is 0.409. The summed E-state index contributed by atoms with van der Waals surface area (Å²) >= 11 is 0. The molecule has 1 aliphatic rings. The molecule has 1 saturated carbocycles. The molecule has 1 fully saturated rings. The summed E-state index contributed by atoms with van der Waals surface area (Å²) in [6, 6.07) is 12.0. The van der Waals surface area contributed by atoms with Gasteiger partial charge in [-0.1, -0.05) is 18.9 Å². The molecule has 8 nitrogen and oxygen atoms in total. The third-order valence-electron chi connectivity index (χ3n) is 6.33. The molecule has 0 N–H and O–H groups in total. The maximum Gasteiger partial charge on any atom is 0.337 e. The largest absolute Gasteiger partial charge is 0.497 e. The van der Waals surface area contributed by atoms with Crippen molar-refractivity contribution in [1.82, 2.24) is 18.7 Å². The Morgan fingerprint density at radius 1 is 1.12 bits per heavy atom. The van der Waals surface area contributed by atoms with Crippen LogP contribution < -0.4 is 16.0 Å². The van der Waals surface area contributed by atoms with E-state index in [1.807, 2.05) is 0 Å². The Bertz CT molecular complexity index is 1490. The number of nitrogens with zero attached hydrogens (tertiary/aromatic N) is 4. The van der Waals surface area contributed by atoms with E-state index in [9.17, 15) is 18.8 Å². The highest BCUT2D eigenvalue weighted by Gasteiger charge is 2.26. The van der Waals surface area contributed by atoms with Gasteiger partial charge in [-0.25, -0.2) is 18.7 Å². The molecule has 2 aromatic heterocycles. The summed E-state index contributed by atoms with van der Waals surface area (Å²) in [6.45, 7) is -0.168. The van der Waals surface area contributed by atoms with Crippen molar-refractivity contribution in [3.63, 3.8) is 0 Å². The molecule has 5 rings (SSSR count). The van der Waals surface area contributed by atoms with Crippen molar-refractivity contribution in [3.05, 3.63) is 87.1 Å². The molecule has 0 aliphatic heterocycles. The van der Waals surface area contributed by atoms with Gasteiger partial charge in [-0.2, -0.15) is 0 Å². The highest BCUT2D eigenvalue weighted by atomic mass is 19.1. The van der Waals surface area contributed by atoms with Crippen LogP contribution in [0.2, 0.25) is 0 Å². The number of hydrogen-bond acceptors (Lipinski definition) is 5. The van der Waals surface area contributed by atoms with Crippen molar-refractivity contribution in [2.45, 2.75) is 38.3 Å².